The van der Waals surface area contributed by atoms with Crippen molar-refractivity contribution >= 4 is 17.4 Å². The fourth-order valence-corrected chi connectivity index (χ4v) is 5.71. The molecule has 0 aliphatic carbocycles. The number of allylic oxidation sites excluding steroid dienone is 1. The van der Waals surface area contributed by atoms with Crippen LogP contribution < -0.4 is 4.90 Å². The first-order valence-electron chi connectivity index (χ1n) is 11.7. The molecule has 0 spiro atoms. The molecule has 3 rings (SSSR count). The van der Waals surface area contributed by atoms with E-state index in [1.54, 1.807) is 0 Å². The number of hydrogen-bond acceptors (Lipinski definition) is 4. The summed E-state index contributed by atoms with van der Waals surface area (Å²) in [5.41, 5.74) is 1.66. The Morgan fingerprint density at radius 2 is 1.84 bits per heavy atom. The smallest absolute Gasteiger partial charge is 0.136 e. The van der Waals surface area contributed by atoms with Gasteiger partial charge in [0.2, 0.25) is 0 Å². The van der Waals surface area contributed by atoms with Crippen LogP contribution in [0.5, 0.6) is 0 Å². The maximum Gasteiger partial charge on any atom is 0.136 e. The van der Waals surface area contributed by atoms with Crippen molar-refractivity contribution in [3.8, 4) is 0 Å². The van der Waals surface area contributed by atoms with Gasteiger partial charge >= 0.3 is 0 Å². The minimum Gasteiger partial charge on any atom is -0.374 e. The van der Waals surface area contributed by atoms with Crippen LogP contribution in [0.4, 0.5) is 5.69 Å². The molecule has 1 aliphatic rings. The molecule has 3 atom stereocenters. The molecule has 1 aliphatic heterocycles. The monoisotopic (exact) mass is 438 g/mol. The molecule has 0 saturated carbocycles. The van der Waals surface area contributed by atoms with Gasteiger partial charge in [-0.25, -0.2) is 0 Å². The van der Waals surface area contributed by atoms with E-state index in [9.17, 15) is 5.11 Å². The third kappa shape index (κ3) is 5.74. The van der Waals surface area contributed by atoms with E-state index < -0.39 is 5.72 Å². The van der Waals surface area contributed by atoms with Crippen LogP contribution in [0.2, 0.25) is 0 Å². The predicted octanol–water partition coefficient (Wildman–Crippen LogP) is 6.36. The molecule has 31 heavy (non-hydrogen) atoms. The van der Waals surface area contributed by atoms with Gasteiger partial charge in [-0.15, -0.1) is 18.3 Å². The summed E-state index contributed by atoms with van der Waals surface area (Å²) in [4.78, 5) is 6.01. The number of para-hydroxylation sites is 1. The topological polar surface area (TPSA) is 26.7 Å². The highest BCUT2D eigenvalue weighted by molar-refractivity contribution is 7.99. The molecular formula is C27H38N2OS. The lowest BCUT2D eigenvalue weighted by Gasteiger charge is -2.45. The largest absolute Gasteiger partial charge is 0.374 e. The molecule has 2 aromatic rings. The normalized spacial score (nSPS) is 19.4. The predicted molar refractivity (Wildman–Crippen MR) is 135 cm³/mol. The molecule has 0 radical (unpaired) electrons. The lowest BCUT2D eigenvalue weighted by atomic mass is 9.94. The minimum absolute atomic E-state index is 0.247. The van der Waals surface area contributed by atoms with Gasteiger partial charge in [0.15, 0.2) is 0 Å². The zero-order valence-electron chi connectivity index (χ0n) is 19.3. The highest BCUT2D eigenvalue weighted by atomic mass is 32.2. The van der Waals surface area contributed by atoms with Crippen molar-refractivity contribution in [2.45, 2.75) is 56.7 Å². The van der Waals surface area contributed by atoms with Gasteiger partial charge in [-0.1, -0.05) is 69.3 Å². The van der Waals surface area contributed by atoms with Crippen LogP contribution in [0, 0.1) is 5.92 Å². The maximum absolute atomic E-state index is 12.1. The Balaban J connectivity index is 2.02. The summed E-state index contributed by atoms with van der Waals surface area (Å²) in [6.07, 6.45) is 4.71. The third-order valence-corrected chi connectivity index (χ3v) is 7.66. The van der Waals surface area contributed by atoms with Crippen molar-refractivity contribution in [2.75, 3.05) is 30.3 Å². The number of likely N-dealkylation sites (N-methyl/N-ethyl adjacent to an activating group) is 1. The first kappa shape index (κ1) is 23.9. The number of nitrogens with zero attached hydrogens (tertiary/aromatic N) is 2. The molecule has 0 saturated heterocycles. The molecule has 1 N–H and O–H groups in total. The van der Waals surface area contributed by atoms with E-state index in [0.717, 1.165) is 38.1 Å². The number of anilines is 1. The minimum atomic E-state index is -0.893. The van der Waals surface area contributed by atoms with Crippen molar-refractivity contribution in [2.24, 2.45) is 5.92 Å². The molecule has 0 aromatic heterocycles. The van der Waals surface area contributed by atoms with Crippen LogP contribution in [0.15, 0.2) is 72.1 Å². The molecule has 1 heterocycles. The second-order valence-corrected chi connectivity index (χ2v) is 9.70. The number of fused-ring (bicyclic) bond motifs is 1. The molecule has 0 bridgehead atoms. The summed E-state index contributed by atoms with van der Waals surface area (Å²) in [6, 6.07) is 19.7. The van der Waals surface area contributed by atoms with Crippen LogP contribution >= 0.6 is 11.8 Å². The van der Waals surface area contributed by atoms with E-state index in [1.165, 1.54) is 16.1 Å². The van der Waals surface area contributed by atoms with E-state index in [0.29, 0.717) is 12.5 Å². The van der Waals surface area contributed by atoms with Crippen molar-refractivity contribution in [3.05, 3.63) is 72.8 Å². The van der Waals surface area contributed by atoms with Gasteiger partial charge in [0.25, 0.3) is 0 Å². The highest BCUT2D eigenvalue weighted by Crippen LogP contribution is 2.42. The lowest BCUT2D eigenvalue weighted by Crippen LogP contribution is -2.56. The number of hydrogen-bond donors (Lipinski definition) is 1. The lowest BCUT2D eigenvalue weighted by molar-refractivity contribution is -0.106. The van der Waals surface area contributed by atoms with Crippen LogP contribution in [0.25, 0.3) is 0 Å². The SMILES string of the molecule is C=CC(C)CCC(O)(CN1c2ccccc2SCCC1c1ccccc1)N(CC)CC. The van der Waals surface area contributed by atoms with Gasteiger partial charge < -0.3 is 10.0 Å². The molecule has 2 aromatic carbocycles. The Kier molecular flexibility index (Phi) is 8.65. The van der Waals surface area contributed by atoms with E-state index in [1.807, 2.05) is 17.8 Å². The second-order valence-electron chi connectivity index (χ2n) is 8.57. The Morgan fingerprint density at radius 1 is 1.16 bits per heavy atom. The summed E-state index contributed by atoms with van der Waals surface area (Å²) in [5, 5.41) is 12.1. The summed E-state index contributed by atoms with van der Waals surface area (Å²) in [6.45, 7) is 12.7. The molecule has 3 nitrogen and oxygen atoms in total. The fourth-order valence-electron chi connectivity index (χ4n) is 4.64. The molecular weight excluding hydrogens is 400 g/mol. The summed E-state index contributed by atoms with van der Waals surface area (Å²) >= 11 is 1.93. The van der Waals surface area contributed by atoms with Crippen LogP contribution in [0.3, 0.4) is 0 Å². The average molecular weight is 439 g/mol. The van der Waals surface area contributed by atoms with Crippen LogP contribution in [-0.2, 0) is 0 Å². The Labute approximate surface area is 193 Å². The first-order valence-corrected chi connectivity index (χ1v) is 12.6. The third-order valence-electron chi connectivity index (χ3n) is 6.56. The van der Waals surface area contributed by atoms with Crippen molar-refractivity contribution in [1.29, 1.82) is 0 Å². The highest BCUT2D eigenvalue weighted by Gasteiger charge is 2.38. The number of benzene rings is 2. The van der Waals surface area contributed by atoms with Crippen molar-refractivity contribution < 1.29 is 5.11 Å². The Hall–Kier alpha value is -1.75. The van der Waals surface area contributed by atoms with E-state index >= 15 is 0 Å². The zero-order valence-corrected chi connectivity index (χ0v) is 20.2. The van der Waals surface area contributed by atoms with E-state index in [2.05, 4.69) is 91.7 Å². The maximum atomic E-state index is 12.1. The summed E-state index contributed by atoms with van der Waals surface area (Å²) in [5.74, 6) is 1.46. The van der Waals surface area contributed by atoms with Crippen LogP contribution in [-0.4, -0.2) is 41.1 Å². The standard InChI is InChI=1S/C27H38N2OS/c1-5-22(4)17-19-27(30,28(6-2)7-3)21-29-24(23-13-9-8-10-14-23)18-20-31-26-16-12-11-15-25(26)29/h5,8-16,22,24,30H,1,6-7,17-21H2,2-4H3. The average Bonchev–Trinajstić information content (AvgIpc) is 2.98. The van der Waals surface area contributed by atoms with Crippen molar-refractivity contribution in [3.63, 3.8) is 0 Å². The van der Waals surface area contributed by atoms with Gasteiger partial charge in [0.05, 0.1) is 18.3 Å². The fraction of sp³-hybridized carbons (Fsp3) is 0.481. The Morgan fingerprint density at radius 3 is 2.52 bits per heavy atom. The first-order chi connectivity index (χ1) is 15.0. The molecule has 168 valence electrons. The second kappa shape index (κ2) is 11.2. The van der Waals surface area contributed by atoms with Gasteiger partial charge in [-0.2, -0.15) is 0 Å². The summed E-state index contributed by atoms with van der Waals surface area (Å²) in [7, 11) is 0. The molecule has 0 fully saturated rings. The number of β-amino-alcohol motifs (C(OH)–C–C–N with tert-alkyl or cyclic N) is 1. The quantitative estimate of drug-likeness (QED) is 0.345. The van der Waals surface area contributed by atoms with Gasteiger partial charge in [0.1, 0.15) is 5.72 Å². The van der Waals surface area contributed by atoms with E-state index in [-0.39, 0.29) is 6.04 Å². The van der Waals surface area contributed by atoms with Gasteiger partial charge in [-0.05, 0) is 56.0 Å². The summed E-state index contributed by atoms with van der Waals surface area (Å²) < 4.78 is 0. The van der Waals surface area contributed by atoms with Gasteiger partial charge in [0, 0.05) is 10.6 Å². The zero-order chi connectivity index (χ0) is 22.3. The number of rotatable bonds is 10. The van der Waals surface area contributed by atoms with E-state index in [4.69, 9.17) is 0 Å². The van der Waals surface area contributed by atoms with Crippen molar-refractivity contribution in [1.82, 2.24) is 4.90 Å². The molecule has 3 unspecified atom stereocenters. The Bertz CT molecular complexity index is 823. The number of aliphatic hydroxyl groups is 1. The van der Waals surface area contributed by atoms with Crippen LogP contribution in [0.1, 0.15) is 51.6 Å². The molecule has 0 amide bonds. The number of thioether (sulfide) groups is 1. The molecule has 4 heteroatoms. The van der Waals surface area contributed by atoms with Gasteiger partial charge in [-0.3, -0.25) is 4.90 Å².